The number of nitrogen functional groups attached to an aromatic ring is 1. The molecule has 4 aliphatic carbocycles. The van der Waals surface area contributed by atoms with Gasteiger partial charge in [-0.2, -0.15) is 15.0 Å². The summed E-state index contributed by atoms with van der Waals surface area (Å²) in [6.07, 6.45) is 8.39. The van der Waals surface area contributed by atoms with Crippen molar-refractivity contribution in [1.29, 1.82) is 0 Å². The fourth-order valence-corrected chi connectivity index (χ4v) is 6.85. The van der Waals surface area contributed by atoms with E-state index in [2.05, 4.69) is 15.0 Å². The van der Waals surface area contributed by atoms with Gasteiger partial charge in [0.2, 0.25) is 17.8 Å². The molecule has 0 aromatic carbocycles. The van der Waals surface area contributed by atoms with E-state index in [1.807, 2.05) is 4.90 Å². The summed E-state index contributed by atoms with van der Waals surface area (Å²) in [4.78, 5) is 42.6. The van der Waals surface area contributed by atoms with Gasteiger partial charge in [0.15, 0.2) is 12.4 Å². The summed E-state index contributed by atoms with van der Waals surface area (Å²) >= 11 is 0. The molecule has 9 nitrogen and oxygen atoms in total. The van der Waals surface area contributed by atoms with Crippen molar-refractivity contribution in [2.24, 2.45) is 23.2 Å². The minimum Gasteiger partial charge on any atom is -0.456 e. The highest BCUT2D eigenvalue weighted by Crippen LogP contribution is 2.60. The second-order valence-electron chi connectivity index (χ2n) is 10.3. The summed E-state index contributed by atoms with van der Waals surface area (Å²) in [5.41, 5.74) is 5.51. The Bertz CT molecular complexity index is 853. The Balaban J connectivity index is 1.26. The van der Waals surface area contributed by atoms with Gasteiger partial charge in [-0.1, -0.05) is 0 Å². The zero-order chi connectivity index (χ0) is 21.8. The van der Waals surface area contributed by atoms with Crippen LogP contribution in [0.3, 0.4) is 0 Å². The average Bonchev–Trinajstić information content (AvgIpc) is 3.20. The number of carbonyl (C=O) groups excluding carboxylic acids is 2. The van der Waals surface area contributed by atoms with E-state index in [1.54, 1.807) is 19.0 Å². The van der Waals surface area contributed by atoms with Crippen LogP contribution in [0.4, 0.5) is 11.9 Å². The first-order valence-corrected chi connectivity index (χ1v) is 11.5. The van der Waals surface area contributed by atoms with E-state index < -0.39 is 6.04 Å². The number of nitrogens with zero attached hydrogens (tertiary/aromatic N) is 5. The van der Waals surface area contributed by atoms with Crippen LogP contribution < -0.4 is 10.6 Å². The number of esters is 1. The lowest BCUT2D eigenvalue weighted by Gasteiger charge is -2.56. The number of hydrogen-bond donors (Lipinski definition) is 1. The molecule has 0 unspecified atom stereocenters. The third-order valence-corrected chi connectivity index (χ3v) is 7.71. The van der Waals surface area contributed by atoms with Gasteiger partial charge in [-0.3, -0.25) is 4.79 Å². The Morgan fingerprint density at radius 2 is 1.74 bits per heavy atom. The molecule has 4 saturated carbocycles. The van der Waals surface area contributed by atoms with E-state index >= 15 is 0 Å². The van der Waals surface area contributed by atoms with E-state index in [1.165, 1.54) is 19.3 Å². The molecule has 1 amide bonds. The second-order valence-corrected chi connectivity index (χ2v) is 10.3. The fraction of sp³-hybridized carbons (Fsp3) is 0.773. The number of nitrogens with two attached hydrogens (primary N) is 1. The zero-order valence-corrected chi connectivity index (χ0v) is 18.4. The maximum absolute atomic E-state index is 13.7. The Morgan fingerprint density at radius 3 is 2.35 bits per heavy atom. The predicted octanol–water partition coefficient (Wildman–Crippen LogP) is 1.77. The maximum Gasteiger partial charge on any atom is 0.329 e. The molecule has 1 aliphatic heterocycles. The maximum atomic E-state index is 13.7. The molecule has 1 aromatic heterocycles. The minimum absolute atomic E-state index is 0.0811. The Hall–Kier alpha value is -2.45. The minimum atomic E-state index is -0.506. The molecule has 168 valence electrons. The topological polar surface area (TPSA) is 115 Å². The molecule has 2 heterocycles. The van der Waals surface area contributed by atoms with E-state index in [9.17, 15) is 9.59 Å². The molecule has 9 heteroatoms. The molecule has 0 spiro atoms. The van der Waals surface area contributed by atoms with Gasteiger partial charge in [-0.05, 0) is 69.1 Å². The SMILES string of the molecule is CN(C)c1nc(N)nc(COC(=O)[C@H]2CCCN2C(=O)C23CC4CC(CC(C4)C2)C3)n1. The van der Waals surface area contributed by atoms with Crippen LogP contribution in [0.2, 0.25) is 0 Å². The van der Waals surface area contributed by atoms with Gasteiger partial charge in [0.25, 0.3) is 0 Å². The van der Waals surface area contributed by atoms with Crippen molar-refractivity contribution in [1.82, 2.24) is 19.9 Å². The largest absolute Gasteiger partial charge is 0.456 e. The number of hydrogen-bond acceptors (Lipinski definition) is 8. The summed E-state index contributed by atoms with van der Waals surface area (Å²) < 4.78 is 5.54. The van der Waals surface area contributed by atoms with Crippen LogP contribution in [0.1, 0.15) is 57.2 Å². The summed E-state index contributed by atoms with van der Waals surface area (Å²) in [5, 5.41) is 0. The molecular formula is C22H32N6O3. The first-order chi connectivity index (χ1) is 14.8. The van der Waals surface area contributed by atoms with Gasteiger partial charge in [0.1, 0.15) is 6.04 Å². The van der Waals surface area contributed by atoms with E-state index in [-0.39, 0.29) is 29.8 Å². The van der Waals surface area contributed by atoms with Crippen LogP contribution in [0.5, 0.6) is 0 Å². The van der Waals surface area contributed by atoms with Crippen molar-refractivity contribution in [3.8, 4) is 0 Å². The van der Waals surface area contributed by atoms with Gasteiger partial charge in [-0.25, -0.2) is 4.79 Å². The molecule has 2 N–H and O–H groups in total. The van der Waals surface area contributed by atoms with Crippen LogP contribution in [-0.2, 0) is 20.9 Å². The molecule has 31 heavy (non-hydrogen) atoms. The molecule has 4 bridgehead atoms. The van der Waals surface area contributed by atoms with Gasteiger partial charge in [-0.15, -0.1) is 0 Å². The van der Waals surface area contributed by atoms with Crippen molar-refractivity contribution >= 4 is 23.8 Å². The predicted molar refractivity (Wildman–Crippen MR) is 114 cm³/mol. The summed E-state index contributed by atoms with van der Waals surface area (Å²) in [6.45, 7) is 0.562. The lowest BCUT2D eigenvalue weighted by atomic mass is 9.49. The standard InChI is InChI=1S/C22H32N6O3/c1-27(2)21-25-17(24-20(23)26-21)12-31-18(29)16-4-3-5-28(16)19(30)22-9-13-6-14(10-22)8-15(7-13)11-22/h13-16H,3-12H2,1-2H3,(H2,23,24,25,26)/t13?,14?,15?,16-,22?/m1/s1. The average molecular weight is 429 g/mol. The van der Waals surface area contributed by atoms with Gasteiger partial charge in [0.05, 0.1) is 5.41 Å². The van der Waals surface area contributed by atoms with Gasteiger partial charge >= 0.3 is 5.97 Å². The number of ether oxygens (including phenoxy) is 1. The van der Waals surface area contributed by atoms with Crippen LogP contribution >= 0.6 is 0 Å². The summed E-state index contributed by atoms with van der Waals surface area (Å²) in [5.74, 6) is 2.73. The van der Waals surface area contributed by atoms with Crippen LogP contribution in [0.15, 0.2) is 0 Å². The third kappa shape index (κ3) is 3.72. The number of rotatable bonds is 5. The molecule has 6 rings (SSSR count). The molecule has 1 aromatic rings. The van der Waals surface area contributed by atoms with Crippen LogP contribution in [0.25, 0.3) is 0 Å². The highest BCUT2D eigenvalue weighted by molar-refractivity contribution is 5.89. The number of anilines is 2. The van der Waals surface area contributed by atoms with Gasteiger partial charge in [0, 0.05) is 20.6 Å². The fourth-order valence-electron chi connectivity index (χ4n) is 6.85. The number of aromatic nitrogens is 3. The van der Waals surface area contributed by atoms with Crippen molar-refractivity contribution in [3.05, 3.63) is 5.82 Å². The highest BCUT2D eigenvalue weighted by Gasteiger charge is 2.57. The number of amides is 1. The van der Waals surface area contributed by atoms with Crippen LogP contribution in [-0.4, -0.2) is 58.4 Å². The molecular weight excluding hydrogens is 396 g/mol. The van der Waals surface area contributed by atoms with Crippen LogP contribution in [0, 0.1) is 23.2 Å². The lowest BCUT2D eigenvalue weighted by molar-refractivity contribution is -0.166. The molecule has 1 saturated heterocycles. The van der Waals surface area contributed by atoms with Crippen molar-refractivity contribution in [3.63, 3.8) is 0 Å². The second kappa shape index (κ2) is 7.60. The smallest absolute Gasteiger partial charge is 0.329 e. The monoisotopic (exact) mass is 428 g/mol. The highest BCUT2D eigenvalue weighted by atomic mass is 16.5. The summed E-state index contributed by atoms with van der Waals surface area (Å²) in [6, 6.07) is -0.506. The van der Waals surface area contributed by atoms with Crippen molar-refractivity contribution in [2.45, 2.75) is 64.0 Å². The summed E-state index contributed by atoms with van der Waals surface area (Å²) in [7, 11) is 3.61. The Kier molecular flexibility index (Phi) is 5.01. The lowest BCUT2D eigenvalue weighted by Crippen LogP contribution is -2.56. The molecule has 5 aliphatic rings. The first kappa shape index (κ1) is 20.5. The molecule has 1 atom stereocenters. The first-order valence-electron chi connectivity index (χ1n) is 11.5. The van der Waals surface area contributed by atoms with Gasteiger partial charge < -0.3 is 20.3 Å². The Labute approximate surface area is 182 Å². The van der Waals surface area contributed by atoms with E-state index in [0.717, 1.165) is 25.7 Å². The molecule has 0 radical (unpaired) electrons. The Morgan fingerprint density at radius 1 is 1.10 bits per heavy atom. The third-order valence-electron chi connectivity index (χ3n) is 7.71. The number of carbonyl (C=O) groups is 2. The normalized spacial score (nSPS) is 33.5. The van der Waals surface area contributed by atoms with Crippen molar-refractivity contribution < 1.29 is 14.3 Å². The molecule has 5 fully saturated rings. The number of likely N-dealkylation sites (tertiary alicyclic amines) is 1. The van der Waals surface area contributed by atoms with E-state index in [0.29, 0.717) is 42.5 Å². The zero-order valence-electron chi connectivity index (χ0n) is 18.4. The quantitative estimate of drug-likeness (QED) is 0.706. The van der Waals surface area contributed by atoms with E-state index in [4.69, 9.17) is 10.5 Å². The van der Waals surface area contributed by atoms with Crippen molar-refractivity contribution in [2.75, 3.05) is 31.3 Å².